The molecule has 1 aliphatic carbocycles. The first kappa shape index (κ1) is 25.1. The molecular weight excluding hydrogens is 413 g/mol. The van der Waals surface area contributed by atoms with Gasteiger partial charge in [0, 0.05) is 6.42 Å². The Labute approximate surface area is 169 Å². The van der Waals surface area contributed by atoms with Gasteiger partial charge in [-0.15, -0.1) is 0 Å². The highest BCUT2D eigenvalue weighted by Gasteiger charge is 2.81. The Morgan fingerprint density at radius 2 is 1.41 bits per heavy atom. The minimum Gasteiger partial charge on any atom is -0.467 e. The van der Waals surface area contributed by atoms with E-state index in [0.717, 1.165) is 7.11 Å². The van der Waals surface area contributed by atoms with Gasteiger partial charge < -0.3 is 14.2 Å². The lowest BCUT2D eigenvalue weighted by molar-refractivity contribution is -0.151. The topological polar surface area (TPSA) is 126 Å². The highest BCUT2D eigenvalue weighted by atomic mass is 32.2. The van der Waals surface area contributed by atoms with E-state index >= 15 is 4.39 Å². The van der Waals surface area contributed by atoms with Gasteiger partial charge in [0.25, 0.3) is 10.1 Å². The number of imide groups is 1. The second kappa shape index (κ2) is 7.71. The van der Waals surface area contributed by atoms with Crippen LogP contribution in [-0.2, 0) is 33.3 Å². The Balaban J connectivity index is 3.45. The first-order valence-electron chi connectivity index (χ1n) is 8.66. The summed E-state index contributed by atoms with van der Waals surface area (Å²) in [6.07, 6.45) is -2.76. The van der Waals surface area contributed by atoms with Crippen LogP contribution in [0.5, 0.6) is 0 Å². The molecule has 29 heavy (non-hydrogen) atoms. The fourth-order valence-electron chi connectivity index (χ4n) is 2.53. The lowest BCUT2D eigenvalue weighted by Crippen LogP contribution is -2.58. The maximum absolute atomic E-state index is 15.5. The molecule has 0 aromatic carbocycles. The van der Waals surface area contributed by atoms with E-state index in [0.29, 0.717) is 6.26 Å². The molecular formula is C17H28FNO9S. The van der Waals surface area contributed by atoms with Crippen LogP contribution in [-0.4, -0.2) is 73.9 Å². The third-order valence-corrected chi connectivity index (χ3v) is 4.26. The lowest BCUT2D eigenvalue weighted by atomic mass is 10.1. The van der Waals surface area contributed by atoms with Crippen molar-refractivity contribution in [3.63, 3.8) is 0 Å². The summed E-state index contributed by atoms with van der Waals surface area (Å²) in [6.45, 7) is 7.92. The van der Waals surface area contributed by atoms with Crippen LogP contribution >= 0.6 is 0 Å². The summed E-state index contributed by atoms with van der Waals surface area (Å²) in [5.74, 6) is -1.28. The van der Waals surface area contributed by atoms with Crippen LogP contribution in [0.4, 0.5) is 14.0 Å². The SMILES string of the molecule is COC(=O)[C@]1(N(C(=O)OC(C)(C)C)C(=O)OC(C)(C)C)C[C@@]1(F)COS(C)(=O)=O. The average Bonchev–Trinajstić information content (AvgIpc) is 3.07. The van der Waals surface area contributed by atoms with Gasteiger partial charge in [0.1, 0.15) is 17.8 Å². The van der Waals surface area contributed by atoms with Gasteiger partial charge in [-0.05, 0) is 41.5 Å². The predicted molar refractivity (Wildman–Crippen MR) is 98.3 cm³/mol. The van der Waals surface area contributed by atoms with Gasteiger partial charge in [-0.2, -0.15) is 13.3 Å². The van der Waals surface area contributed by atoms with Crippen LogP contribution < -0.4 is 0 Å². The van der Waals surface area contributed by atoms with Gasteiger partial charge in [-0.3, -0.25) is 4.18 Å². The number of rotatable bonds is 5. The van der Waals surface area contributed by atoms with Crippen LogP contribution in [0, 0.1) is 0 Å². The molecule has 12 heteroatoms. The molecule has 0 saturated heterocycles. The Morgan fingerprint density at radius 1 is 1.00 bits per heavy atom. The van der Waals surface area contributed by atoms with Gasteiger partial charge in [-0.1, -0.05) is 0 Å². The largest absolute Gasteiger partial charge is 0.467 e. The van der Waals surface area contributed by atoms with Crippen molar-refractivity contribution in [1.82, 2.24) is 4.90 Å². The van der Waals surface area contributed by atoms with Crippen molar-refractivity contribution < 1.29 is 45.6 Å². The molecule has 0 N–H and O–H groups in total. The highest BCUT2D eigenvalue weighted by molar-refractivity contribution is 7.85. The smallest absolute Gasteiger partial charge is 0.420 e. The molecule has 0 aliphatic heterocycles. The Kier molecular flexibility index (Phi) is 6.67. The summed E-state index contributed by atoms with van der Waals surface area (Å²) >= 11 is 0. The number of ether oxygens (including phenoxy) is 3. The van der Waals surface area contributed by atoms with Gasteiger partial charge in [0.2, 0.25) is 0 Å². The molecule has 0 aromatic rings. The standard InChI is InChI=1S/C17H28FNO9S/c1-14(2,3)27-12(21)19(13(22)28-15(4,5)6)17(11(20)25-7)9-16(17,18)10-26-29(8,23)24/h9-10H2,1-8H3/t16-,17-/m1/s1. The number of hydrogen-bond donors (Lipinski definition) is 0. The number of carbonyl (C=O) groups excluding carboxylic acids is 3. The van der Waals surface area contributed by atoms with E-state index in [-0.39, 0.29) is 4.90 Å². The Morgan fingerprint density at radius 3 is 1.72 bits per heavy atom. The second-order valence-corrected chi connectivity index (χ2v) is 10.4. The van der Waals surface area contributed by atoms with E-state index in [1.165, 1.54) is 41.5 Å². The van der Waals surface area contributed by atoms with Crippen molar-refractivity contribution in [2.45, 2.75) is 70.4 Å². The van der Waals surface area contributed by atoms with Crippen LogP contribution in [0.1, 0.15) is 48.0 Å². The third kappa shape index (κ3) is 6.01. The van der Waals surface area contributed by atoms with Crippen molar-refractivity contribution in [3.05, 3.63) is 0 Å². The second-order valence-electron chi connectivity index (χ2n) is 8.76. The molecule has 1 fully saturated rings. The molecule has 1 saturated carbocycles. The molecule has 0 spiro atoms. The molecule has 1 rings (SSSR count). The van der Waals surface area contributed by atoms with Gasteiger partial charge in [-0.25, -0.2) is 18.8 Å². The van der Waals surface area contributed by atoms with Crippen molar-refractivity contribution in [1.29, 1.82) is 0 Å². The quantitative estimate of drug-likeness (QED) is 0.358. The number of nitrogens with zero attached hydrogens (tertiary/aromatic N) is 1. The molecule has 168 valence electrons. The number of amides is 2. The normalized spacial score (nSPS) is 24.4. The van der Waals surface area contributed by atoms with Crippen LogP contribution in [0.2, 0.25) is 0 Å². The molecule has 1 aliphatic rings. The summed E-state index contributed by atoms with van der Waals surface area (Å²) in [5.41, 5.74) is -7.41. The number of hydrogen-bond acceptors (Lipinski definition) is 9. The molecule has 0 aromatic heterocycles. The molecule has 2 amide bonds. The molecule has 0 heterocycles. The Hall–Kier alpha value is -1.95. The summed E-state index contributed by atoms with van der Waals surface area (Å²) in [7, 11) is -3.13. The van der Waals surface area contributed by atoms with E-state index in [1.807, 2.05) is 0 Å². The number of esters is 1. The van der Waals surface area contributed by atoms with E-state index in [1.54, 1.807) is 0 Å². The van der Waals surface area contributed by atoms with E-state index < -0.39 is 63.7 Å². The maximum Gasteiger partial charge on any atom is 0.420 e. The fourth-order valence-corrected chi connectivity index (χ4v) is 2.93. The molecule has 0 bridgehead atoms. The zero-order valence-corrected chi connectivity index (χ0v) is 18.6. The third-order valence-electron chi connectivity index (χ3n) is 3.71. The molecule has 2 atom stereocenters. The number of alkyl halides is 1. The van der Waals surface area contributed by atoms with Gasteiger partial charge >= 0.3 is 18.2 Å². The van der Waals surface area contributed by atoms with Crippen LogP contribution in [0.15, 0.2) is 0 Å². The summed E-state index contributed by atoms with van der Waals surface area (Å²) in [6, 6.07) is 0. The number of halogens is 1. The van der Waals surface area contributed by atoms with Gasteiger partial charge in [0.15, 0.2) is 11.2 Å². The van der Waals surface area contributed by atoms with Crippen LogP contribution in [0.25, 0.3) is 0 Å². The highest BCUT2D eigenvalue weighted by Crippen LogP contribution is 2.57. The van der Waals surface area contributed by atoms with Gasteiger partial charge in [0.05, 0.1) is 13.4 Å². The fraction of sp³-hybridized carbons (Fsp3) is 0.824. The van der Waals surface area contributed by atoms with Crippen molar-refractivity contribution in [2.24, 2.45) is 0 Å². The van der Waals surface area contributed by atoms with Crippen molar-refractivity contribution in [3.8, 4) is 0 Å². The predicted octanol–water partition coefficient (Wildman–Crippen LogP) is 2.16. The summed E-state index contributed by atoms with van der Waals surface area (Å²) < 4.78 is 57.4. The average molecular weight is 441 g/mol. The minimum absolute atomic E-state index is 0.195. The monoisotopic (exact) mass is 441 g/mol. The zero-order chi connectivity index (χ0) is 23.1. The van der Waals surface area contributed by atoms with Crippen molar-refractivity contribution >= 4 is 28.3 Å². The lowest BCUT2D eigenvalue weighted by Gasteiger charge is -2.33. The summed E-state index contributed by atoms with van der Waals surface area (Å²) in [5, 5.41) is 0. The maximum atomic E-state index is 15.5. The first-order valence-corrected chi connectivity index (χ1v) is 10.5. The number of carbonyl (C=O) groups is 3. The summed E-state index contributed by atoms with van der Waals surface area (Å²) in [4.78, 5) is 38.2. The molecule has 10 nitrogen and oxygen atoms in total. The van der Waals surface area contributed by atoms with E-state index in [9.17, 15) is 22.8 Å². The van der Waals surface area contributed by atoms with Crippen LogP contribution in [0.3, 0.4) is 0 Å². The zero-order valence-electron chi connectivity index (χ0n) is 17.8. The van der Waals surface area contributed by atoms with E-state index in [4.69, 9.17) is 9.47 Å². The minimum atomic E-state index is -4.07. The van der Waals surface area contributed by atoms with Crippen molar-refractivity contribution in [2.75, 3.05) is 20.0 Å². The number of methoxy groups -OCH3 is 1. The Bertz CT molecular complexity index is 756. The molecule has 0 radical (unpaired) electrons. The first-order chi connectivity index (χ1) is 12.8. The molecule has 0 unspecified atom stereocenters. The van der Waals surface area contributed by atoms with E-state index in [2.05, 4.69) is 8.92 Å².